The first-order chi connectivity index (χ1) is 25.2. The van der Waals surface area contributed by atoms with E-state index in [-0.39, 0.29) is 0 Å². The summed E-state index contributed by atoms with van der Waals surface area (Å²) in [4.78, 5) is 10.1. The number of hydrogen-bond donors (Lipinski definition) is 1. The van der Waals surface area contributed by atoms with Gasteiger partial charge in [0.25, 0.3) is 0 Å². The van der Waals surface area contributed by atoms with E-state index in [0.29, 0.717) is 18.2 Å². The van der Waals surface area contributed by atoms with Gasteiger partial charge in [0, 0.05) is 21.9 Å². The van der Waals surface area contributed by atoms with Crippen LogP contribution in [-0.4, -0.2) is 11.7 Å². The predicted octanol–water partition coefficient (Wildman–Crippen LogP) is 11.6. The van der Waals surface area contributed by atoms with Gasteiger partial charge >= 0.3 is 0 Å². The average molecular weight is 656 g/mol. The van der Waals surface area contributed by atoms with E-state index in [0.717, 1.165) is 55.3 Å². The summed E-state index contributed by atoms with van der Waals surface area (Å²) in [5, 5.41) is 6.77. The summed E-state index contributed by atoms with van der Waals surface area (Å²) in [5.41, 5.74) is 15.9. The highest BCUT2D eigenvalue weighted by Gasteiger charge is 2.18. The molecule has 9 aromatic rings. The standard InChI is InChI=1S/C47H33N3O/c48-46(41-20-10-22-43-45(41)44-40(19-9-21-42(44)51-43)37-28-23-32-13-4-5-15-36(32)29-37)50-47(49-30-31-11-2-1-3-12-31)35-26-24-34(25-27-35)39-18-8-16-33-14-6-7-17-38(33)39/h1-29H,30H2,(H2,48,49,50). The average Bonchev–Trinajstić information content (AvgIpc) is 3.59. The Bertz CT molecular complexity index is 2770. The topological polar surface area (TPSA) is 63.9 Å². The Hall–Kier alpha value is -6.78. The van der Waals surface area contributed by atoms with Crippen LogP contribution in [0, 0.1) is 0 Å². The first-order valence-electron chi connectivity index (χ1n) is 17.1. The lowest BCUT2D eigenvalue weighted by atomic mass is 9.95. The lowest BCUT2D eigenvalue weighted by molar-refractivity contribution is 0.669. The Kier molecular flexibility index (Phi) is 7.67. The van der Waals surface area contributed by atoms with Crippen molar-refractivity contribution < 1.29 is 4.42 Å². The summed E-state index contributed by atoms with van der Waals surface area (Å²) in [6.07, 6.45) is 0. The summed E-state index contributed by atoms with van der Waals surface area (Å²) >= 11 is 0. The normalized spacial score (nSPS) is 12.3. The van der Waals surface area contributed by atoms with Gasteiger partial charge in [0.05, 0.1) is 6.54 Å². The molecule has 0 aliphatic carbocycles. The molecule has 0 aliphatic heterocycles. The van der Waals surface area contributed by atoms with Gasteiger partial charge in [-0.05, 0) is 67.6 Å². The molecule has 9 rings (SSSR count). The van der Waals surface area contributed by atoms with Gasteiger partial charge in [-0.15, -0.1) is 0 Å². The summed E-state index contributed by atoms with van der Waals surface area (Å²) in [7, 11) is 0. The van der Waals surface area contributed by atoms with Crippen molar-refractivity contribution in [1.29, 1.82) is 0 Å². The quantitative estimate of drug-likeness (QED) is 0.143. The number of nitrogens with two attached hydrogens (primary N) is 1. The van der Waals surface area contributed by atoms with Crippen LogP contribution in [0.4, 0.5) is 0 Å². The minimum absolute atomic E-state index is 0.376. The molecule has 51 heavy (non-hydrogen) atoms. The SMILES string of the molecule is N/C(=N\C(=N/Cc1ccccc1)c1ccc(-c2cccc3ccccc23)cc1)c1cccc2oc3cccc(-c4ccc5ccccc5c4)c3c12. The molecule has 0 unspecified atom stereocenters. The van der Waals surface area contributed by atoms with E-state index in [2.05, 4.69) is 127 Å². The van der Waals surface area contributed by atoms with E-state index >= 15 is 0 Å². The van der Waals surface area contributed by atoms with Crippen molar-refractivity contribution in [3.05, 3.63) is 193 Å². The van der Waals surface area contributed by atoms with Gasteiger partial charge in [-0.3, -0.25) is 4.99 Å². The van der Waals surface area contributed by atoms with Crippen LogP contribution < -0.4 is 5.73 Å². The monoisotopic (exact) mass is 655 g/mol. The second-order valence-corrected chi connectivity index (χ2v) is 12.7. The van der Waals surface area contributed by atoms with E-state index in [1.165, 1.54) is 27.1 Å². The van der Waals surface area contributed by atoms with Gasteiger partial charge in [0.2, 0.25) is 0 Å². The second kappa shape index (κ2) is 12.9. The number of rotatable bonds is 6. The first-order valence-corrected chi connectivity index (χ1v) is 17.1. The third kappa shape index (κ3) is 5.73. The molecule has 0 aliphatic rings. The number of fused-ring (bicyclic) bond motifs is 5. The van der Waals surface area contributed by atoms with Crippen molar-refractivity contribution in [1.82, 2.24) is 0 Å². The number of amidine groups is 2. The summed E-state index contributed by atoms with van der Waals surface area (Å²) < 4.78 is 6.43. The van der Waals surface area contributed by atoms with Gasteiger partial charge in [-0.2, -0.15) is 0 Å². The van der Waals surface area contributed by atoms with Crippen LogP contribution in [0.3, 0.4) is 0 Å². The molecule has 0 fully saturated rings. The molecule has 0 saturated carbocycles. The fourth-order valence-electron chi connectivity index (χ4n) is 7.07. The van der Waals surface area contributed by atoms with E-state index in [4.69, 9.17) is 20.1 Å². The minimum atomic E-state index is 0.376. The number of furan rings is 1. The molecule has 0 bridgehead atoms. The zero-order valence-electron chi connectivity index (χ0n) is 27.8. The Balaban J connectivity index is 1.17. The van der Waals surface area contributed by atoms with Crippen LogP contribution in [0.1, 0.15) is 16.7 Å². The number of hydrogen-bond acceptors (Lipinski definition) is 2. The molecular formula is C47H33N3O. The van der Waals surface area contributed by atoms with E-state index in [1.54, 1.807) is 0 Å². The van der Waals surface area contributed by atoms with Crippen molar-refractivity contribution in [2.75, 3.05) is 0 Å². The molecule has 1 heterocycles. The molecule has 0 amide bonds. The Morgan fingerprint density at radius 2 is 1.16 bits per heavy atom. The van der Waals surface area contributed by atoms with Crippen molar-refractivity contribution in [3.63, 3.8) is 0 Å². The van der Waals surface area contributed by atoms with Crippen LogP contribution >= 0.6 is 0 Å². The zero-order valence-corrected chi connectivity index (χ0v) is 27.8. The van der Waals surface area contributed by atoms with Crippen molar-refractivity contribution in [2.45, 2.75) is 6.54 Å². The molecule has 8 aromatic carbocycles. The van der Waals surface area contributed by atoms with Gasteiger partial charge in [0.1, 0.15) is 17.0 Å². The van der Waals surface area contributed by atoms with Crippen LogP contribution in [-0.2, 0) is 6.54 Å². The van der Waals surface area contributed by atoms with Crippen LogP contribution in [0.5, 0.6) is 0 Å². The van der Waals surface area contributed by atoms with Crippen LogP contribution in [0.25, 0.3) is 65.7 Å². The second-order valence-electron chi connectivity index (χ2n) is 12.7. The fourth-order valence-corrected chi connectivity index (χ4v) is 7.07. The van der Waals surface area contributed by atoms with E-state index < -0.39 is 0 Å². The minimum Gasteiger partial charge on any atom is -0.456 e. The Morgan fingerprint density at radius 3 is 2.00 bits per heavy atom. The molecule has 0 spiro atoms. The molecule has 0 radical (unpaired) electrons. The van der Waals surface area contributed by atoms with Crippen molar-refractivity contribution >= 4 is 55.2 Å². The summed E-state index contributed by atoms with van der Waals surface area (Å²) in [6.45, 7) is 0.475. The lowest BCUT2D eigenvalue weighted by Gasteiger charge is -2.10. The van der Waals surface area contributed by atoms with E-state index in [1.807, 2.05) is 48.5 Å². The lowest BCUT2D eigenvalue weighted by Crippen LogP contribution is -2.17. The molecule has 242 valence electrons. The molecule has 1 aromatic heterocycles. The maximum Gasteiger partial charge on any atom is 0.157 e. The summed E-state index contributed by atoms with van der Waals surface area (Å²) in [5.74, 6) is 0.946. The van der Waals surface area contributed by atoms with Crippen LogP contribution in [0.2, 0.25) is 0 Å². The molecule has 0 atom stereocenters. The highest BCUT2D eigenvalue weighted by atomic mass is 16.3. The molecule has 2 N–H and O–H groups in total. The highest BCUT2D eigenvalue weighted by Crippen LogP contribution is 2.39. The molecule has 0 saturated heterocycles. The van der Waals surface area contributed by atoms with Crippen LogP contribution in [0.15, 0.2) is 190 Å². The Labute approximate surface area is 295 Å². The van der Waals surface area contributed by atoms with Crippen molar-refractivity contribution in [3.8, 4) is 22.3 Å². The fraction of sp³-hybridized carbons (Fsp3) is 0.0213. The van der Waals surface area contributed by atoms with Gasteiger partial charge in [-0.25, -0.2) is 4.99 Å². The number of aliphatic imine (C=N–C) groups is 2. The zero-order chi connectivity index (χ0) is 34.1. The largest absolute Gasteiger partial charge is 0.456 e. The molecule has 4 nitrogen and oxygen atoms in total. The molecule has 4 heteroatoms. The smallest absolute Gasteiger partial charge is 0.157 e. The number of benzene rings is 8. The van der Waals surface area contributed by atoms with Gasteiger partial charge in [-0.1, -0.05) is 158 Å². The summed E-state index contributed by atoms with van der Waals surface area (Å²) in [6, 6.07) is 60.7. The third-order valence-electron chi connectivity index (χ3n) is 9.58. The Morgan fingerprint density at radius 1 is 0.510 bits per heavy atom. The number of nitrogens with zero attached hydrogens (tertiary/aromatic N) is 2. The predicted molar refractivity (Wildman–Crippen MR) is 213 cm³/mol. The third-order valence-corrected chi connectivity index (χ3v) is 9.58. The maximum atomic E-state index is 6.99. The van der Waals surface area contributed by atoms with E-state index in [9.17, 15) is 0 Å². The molecular weight excluding hydrogens is 623 g/mol. The first kappa shape index (κ1) is 30.3. The maximum absolute atomic E-state index is 6.99. The van der Waals surface area contributed by atoms with Crippen molar-refractivity contribution in [2.24, 2.45) is 15.7 Å². The van der Waals surface area contributed by atoms with Gasteiger partial charge < -0.3 is 10.2 Å². The highest BCUT2D eigenvalue weighted by molar-refractivity contribution is 6.23. The van der Waals surface area contributed by atoms with Gasteiger partial charge in [0.15, 0.2) is 5.84 Å².